The van der Waals surface area contributed by atoms with Gasteiger partial charge in [-0.1, -0.05) is 97.4 Å². The van der Waals surface area contributed by atoms with Gasteiger partial charge in [0.05, 0.1) is 5.57 Å². The lowest BCUT2D eigenvalue weighted by molar-refractivity contribution is -0.140. The van der Waals surface area contributed by atoms with Gasteiger partial charge in [-0.05, 0) is 49.1 Å². The lowest BCUT2D eigenvalue weighted by atomic mass is 9.95. The maximum absolute atomic E-state index is 13.5. The highest BCUT2D eigenvalue weighted by Gasteiger charge is 2.35. The van der Waals surface area contributed by atoms with Gasteiger partial charge >= 0.3 is 5.97 Å². The fourth-order valence-corrected chi connectivity index (χ4v) is 5.50. The van der Waals surface area contributed by atoms with E-state index in [9.17, 15) is 4.79 Å². The van der Waals surface area contributed by atoms with Crippen molar-refractivity contribution in [1.82, 2.24) is 14.8 Å². The van der Waals surface area contributed by atoms with E-state index in [0.29, 0.717) is 29.0 Å². The van der Waals surface area contributed by atoms with Crippen molar-refractivity contribution in [1.29, 1.82) is 0 Å². The lowest BCUT2D eigenvalue weighted by Crippen LogP contribution is -2.29. The minimum Gasteiger partial charge on any atom is -0.489 e. The van der Waals surface area contributed by atoms with Crippen LogP contribution in [0.25, 0.3) is 0 Å². The molecule has 4 aromatic rings. The summed E-state index contributed by atoms with van der Waals surface area (Å²) in [5, 5.41) is 8.78. The zero-order valence-corrected chi connectivity index (χ0v) is 23.9. The number of anilines is 1. The smallest absolute Gasteiger partial charge is 0.338 e. The molecule has 1 aromatic heterocycles. The van der Waals surface area contributed by atoms with Crippen molar-refractivity contribution >= 4 is 23.7 Å². The predicted octanol–water partition coefficient (Wildman–Crippen LogP) is 7.09. The van der Waals surface area contributed by atoms with Gasteiger partial charge in [-0.2, -0.15) is 4.98 Å². The molecule has 2 heterocycles. The first-order valence-corrected chi connectivity index (χ1v) is 14.6. The Hall–Kier alpha value is -4.04. The molecule has 0 fully saturated rings. The Balaban J connectivity index is 1.40. The second-order valence-corrected chi connectivity index (χ2v) is 10.9. The monoisotopic (exact) mass is 554 g/mol. The summed E-state index contributed by atoms with van der Waals surface area (Å²) in [4.78, 5) is 18.3. The Bertz CT molecular complexity index is 1480. The molecule has 40 heavy (non-hydrogen) atoms. The first-order chi connectivity index (χ1) is 19.5. The van der Waals surface area contributed by atoms with Crippen LogP contribution in [0.15, 0.2) is 95.3 Å². The Morgan fingerprint density at radius 3 is 2.50 bits per heavy atom. The van der Waals surface area contributed by atoms with Gasteiger partial charge in [-0.3, -0.25) is 0 Å². The van der Waals surface area contributed by atoms with E-state index in [1.54, 1.807) is 16.4 Å². The van der Waals surface area contributed by atoms with Crippen LogP contribution in [0.2, 0.25) is 0 Å². The molecule has 1 aliphatic rings. The number of hydrogen-bond donors (Lipinski definition) is 1. The Labute approximate surface area is 239 Å². The maximum atomic E-state index is 13.5. The molecule has 8 heteroatoms. The number of benzene rings is 3. The second-order valence-electron chi connectivity index (χ2n) is 9.84. The van der Waals surface area contributed by atoms with E-state index in [2.05, 4.69) is 37.4 Å². The number of fused-ring (bicyclic) bond motifs is 1. The molecule has 0 saturated carbocycles. The van der Waals surface area contributed by atoms with E-state index in [0.717, 1.165) is 41.0 Å². The normalized spacial score (nSPS) is 14.4. The number of nitrogens with zero attached hydrogens (tertiary/aromatic N) is 3. The molecule has 1 atom stereocenters. The van der Waals surface area contributed by atoms with Crippen LogP contribution in [0.3, 0.4) is 0 Å². The van der Waals surface area contributed by atoms with Crippen LogP contribution in [-0.2, 0) is 22.7 Å². The van der Waals surface area contributed by atoms with Crippen LogP contribution in [0.5, 0.6) is 5.75 Å². The number of nitrogens with one attached hydrogen (secondary N) is 1. The van der Waals surface area contributed by atoms with Crippen molar-refractivity contribution in [2.45, 2.75) is 58.0 Å². The number of ether oxygens (including phenoxy) is 2. The molecule has 0 aliphatic carbocycles. The van der Waals surface area contributed by atoms with Crippen molar-refractivity contribution in [2.75, 3.05) is 11.1 Å². The van der Waals surface area contributed by atoms with Gasteiger partial charge in [0.25, 0.3) is 0 Å². The highest BCUT2D eigenvalue weighted by molar-refractivity contribution is 7.99. The number of unbranched alkanes of at least 4 members (excludes halogenated alkanes) is 1. The van der Waals surface area contributed by atoms with E-state index in [1.165, 1.54) is 5.56 Å². The molecule has 1 N–H and O–H groups in total. The van der Waals surface area contributed by atoms with E-state index in [1.807, 2.05) is 67.6 Å². The van der Waals surface area contributed by atoms with E-state index < -0.39 is 6.04 Å². The van der Waals surface area contributed by atoms with Crippen molar-refractivity contribution in [3.63, 3.8) is 0 Å². The van der Waals surface area contributed by atoms with Crippen LogP contribution in [0, 0.1) is 6.92 Å². The summed E-state index contributed by atoms with van der Waals surface area (Å²) < 4.78 is 13.6. The Morgan fingerprint density at radius 2 is 1.75 bits per heavy atom. The first-order valence-electron chi connectivity index (χ1n) is 13.6. The van der Waals surface area contributed by atoms with Gasteiger partial charge in [0, 0.05) is 11.4 Å². The second kappa shape index (κ2) is 12.9. The fraction of sp³-hybridized carbons (Fsp3) is 0.281. The average Bonchev–Trinajstić information content (AvgIpc) is 3.37. The number of aromatic nitrogens is 3. The highest BCUT2D eigenvalue weighted by Crippen LogP contribution is 2.37. The van der Waals surface area contributed by atoms with Crippen molar-refractivity contribution in [2.24, 2.45) is 0 Å². The molecular weight excluding hydrogens is 520 g/mol. The zero-order valence-electron chi connectivity index (χ0n) is 23.1. The molecule has 0 bridgehead atoms. The third-order valence-electron chi connectivity index (χ3n) is 6.68. The average molecular weight is 555 g/mol. The van der Waals surface area contributed by atoms with Crippen molar-refractivity contribution in [3.8, 4) is 5.75 Å². The van der Waals surface area contributed by atoms with Crippen LogP contribution in [-0.4, -0.2) is 26.5 Å². The number of carbonyl (C=O) groups excluding carboxylic acids is 1. The topological polar surface area (TPSA) is 78.3 Å². The zero-order chi connectivity index (χ0) is 27.9. The van der Waals surface area contributed by atoms with Crippen molar-refractivity contribution in [3.05, 3.63) is 112 Å². The van der Waals surface area contributed by atoms with Gasteiger partial charge in [-0.15, -0.1) is 5.10 Å². The van der Waals surface area contributed by atoms with Gasteiger partial charge in [0.2, 0.25) is 11.1 Å². The third-order valence-corrected chi connectivity index (χ3v) is 7.60. The van der Waals surface area contributed by atoms with Gasteiger partial charge < -0.3 is 14.8 Å². The minimum atomic E-state index is -0.488. The Morgan fingerprint density at radius 1 is 0.975 bits per heavy atom. The minimum absolute atomic E-state index is 0.192. The molecule has 1 unspecified atom stereocenters. The summed E-state index contributed by atoms with van der Waals surface area (Å²) in [7, 11) is 0. The number of carbonyl (C=O) groups is 1. The third kappa shape index (κ3) is 6.57. The maximum Gasteiger partial charge on any atom is 0.338 e. The summed E-state index contributed by atoms with van der Waals surface area (Å²) >= 11 is 1.62. The Kier molecular flexibility index (Phi) is 8.86. The van der Waals surface area contributed by atoms with E-state index >= 15 is 0 Å². The van der Waals surface area contributed by atoms with Crippen LogP contribution in [0.1, 0.15) is 55.0 Å². The summed E-state index contributed by atoms with van der Waals surface area (Å²) in [6, 6.07) is 25.3. The van der Waals surface area contributed by atoms with Gasteiger partial charge in [0.15, 0.2) is 0 Å². The molecule has 1 aliphatic heterocycles. The van der Waals surface area contributed by atoms with Crippen LogP contribution in [0.4, 0.5) is 5.95 Å². The summed E-state index contributed by atoms with van der Waals surface area (Å²) in [5.41, 5.74) is 5.35. The molecule has 5 rings (SSSR count). The van der Waals surface area contributed by atoms with Crippen LogP contribution >= 0.6 is 11.8 Å². The quantitative estimate of drug-likeness (QED) is 0.120. The predicted molar refractivity (Wildman–Crippen MR) is 158 cm³/mol. The highest BCUT2D eigenvalue weighted by atomic mass is 32.2. The molecule has 0 spiro atoms. The van der Waals surface area contributed by atoms with Gasteiger partial charge in [-0.25, -0.2) is 9.48 Å². The SMILES string of the molecule is CCCCSc1nc2n(n1)C(c1ccc(OCc3cccc(C)c3)cc1)C(C(=O)OCc1ccccc1)=C(C)N2. The van der Waals surface area contributed by atoms with Crippen LogP contribution < -0.4 is 10.1 Å². The number of allylic oxidation sites excluding steroid dienone is 1. The summed E-state index contributed by atoms with van der Waals surface area (Å²) in [6.45, 7) is 6.79. The molecule has 0 amide bonds. The number of aryl methyl sites for hydroxylation is 1. The lowest BCUT2D eigenvalue weighted by Gasteiger charge is -2.28. The molecule has 0 radical (unpaired) electrons. The largest absolute Gasteiger partial charge is 0.489 e. The van der Waals surface area contributed by atoms with E-state index in [-0.39, 0.29) is 12.6 Å². The molecule has 206 valence electrons. The summed E-state index contributed by atoms with van der Waals surface area (Å²) in [6.07, 6.45) is 2.20. The molecule has 0 saturated heterocycles. The number of rotatable bonds is 11. The van der Waals surface area contributed by atoms with Gasteiger partial charge in [0.1, 0.15) is 25.0 Å². The van der Waals surface area contributed by atoms with E-state index in [4.69, 9.17) is 19.6 Å². The number of hydrogen-bond acceptors (Lipinski definition) is 7. The first kappa shape index (κ1) is 27.5. The fourth-order valence-electron chi connectivity index (χ4n) is 4.59. The molecular formula is C32H34N4O3S. The number of thioether (sulfide) groups is 1. The number of esters is 1. The summed E-state index contributed by atoms with van der Waals surface area (Å²) in [5.74, 6) is 1.92. The molecule has 3 aromatic carbocycles. The molecule has 7 nitrogen and oxygen atoms in total. The standard InChI is InChI=1S/C32H34N4O3S/c1-4-5-18-40-32-34-31-33-23(3)28(30(37)39-20-24-11-7-6-8-12-24)29(36(31)35-32)26-14-16-27(17-15-26)38-21-25-13-9-10-22(2)19-25/h6-17,19,29H,4-5,18,20-21H2,1-3H3,(H,33,34,35). The van der Waals surface area contributed by atoms with Crippen molar-refractivity contribution < 1.29 is 14.3 Å².